The maximum atomic E-state index is 12.2. The van der Waals surface area contributed by atoms with Crippen molar-refractivity contribution in [2.24, 2.45) is 0 Å². The Morgan fingerprint density at radius 2 is 2.07 bits per heavy atom. The van der Waals surface area contributed by atoms with Crippen LogP contribution in [0.4, 0.5) is 13.2 Å². The summed E-state index contributed by atoms with van der Waals surface area (Å²) in [7, 11) is 0. The molecule has 0 atom stereocenters. The summed E-state index contributed by atoms with van der Waals surface area (Å²) in [4.78, 5) is 15.7. The molecule has 1 N–H and O–H groups in total. The highest BCUT2D eigenvalue weighted by Gasteiger charge is 2.28. The van der Waals surface area contributed by atoms with E-state index in [9.17, 15) is 18.0 Å². The lowest BCUT2D eigenvalue weighted by atomic mass is 10.1. The lowest BCUT2D eigenvalue weighted by molar-refractivity contribution is -0.123. The highest BCUT2D eigenvalue weighted by atomic mass is 35.5. The van der Waals surface area contributed by atoms with Gasteiger partial charge in [-0.05, 0) is 25.1 Å². The van der Waals surface area contributed by atoms with E-state index in [1.807, 2.05) is 6.07 Å². The first-order chi connectivity index (χ1) is 13.7. The van der Waals surface area contributed by atoms with Crippen molar-refractivity contribution in [2.75, 3.05) is 6.54 Å². The van der Waals surface area contributed by atoms with Crippen LogP contribution in [0.25, 0.3) is 11.3 Å². The minimum absolute atomic E-state index is 0.0117. The molecule has 10 heteroatoms. The number of benzene rings is 1. The third kappa shape index (κ3) is 5.47. The second kappa shape index (κ2) is 8.52. The van der Waals surface area contributed by atoms with Gasteiger partial charge in [-0.2, -0.15) is 13.2 Å². The molecule has 29 heavy (non-hydrogen) atoms. The Labute approximate surface area is 168 Å². The van der Waals surface area contributed by atoms with Crippen molar-refractivity contribution in [3.8, 4) is 17.1 Å². The number of nitrogens with zero attached hydrogens (tertiary/aromatic N) is 2. The van der Waals surface area contributed by atoms with Gasteiger partial charge in [0, 0.05) is 22.8 Å². The van der Waals surface area contributed by atoms with Crippen molar-refractivity contribution in [3.63, 3.8) is 0 Å². The van der Waals surface area contributed by atoms with Gasteiger partial charge >= 0.3 is 6.18 Å². The molecule has 0 unspecified atom stereocenters. The molecule has 6 nitrogen and oxygen atoms in total. The van der Waals surface area contributed by atoms with Crippen LogP contribution in [0, 0.1) is 6.92 Å². The van der Waals surface area contributed by atoms with Crippen LogP contribution in [-0.2, 0) is 6.61 Å². The van der Waals surface area contributed by atoms with Gasteiger partial charge in [-0.3, -0.25) is 4.79 Å². The molecular formula is C19H15ClF3N3O3. The van der Waals surface area contributed by atoms with Gasteiger partial charge in [-0.1, -0.05) is 28.9 Å². The van der Waals surface area contributed by atoms with Gasteiger partial charge in [0.15, 0.2) is 0 Å². The van der Waals surface area contributed by atoms with Gasteiger partial charge in [0.05, 0.1) is 11.1 Å². The number of hydrogen-bond acceptors (Lipinski definition) is 5. The van der Waals surface area contributed by atoms with Crippen molar-refractivity contribution in [1.29, 1.82) is 0 Å². The van der Waals surface area contributed by atoms with E-state index >= 15 is 0 Å². The summed E-state index contributed by atoms with van der Waals surface area (Å²) in [5, 5.41) is 6.36. The van der Waals surface area contributed by atoms with Crippen LogP contribution in [0.1, 0.15) is 21.7 Å². The first-order valence-corrected chi connectivity index (χ1v) is 8.75. The number of alkyl halides is 3. The molecule has 3 rings (SSSR count). The molecule has 0 saturated heterocycles. The normalized spacial score (nSPS) is 11.3. The van der Waals surface area contributed by atoms with E-state index in [2.05, 4.69) is 10.1 Å². The van der Waals surface area contributed by atoms with Crippen LogP contribution in [0.3, 0.4) is 0 Å². The molecule has 1 aromatic carbocycles. The summed E-state index contributed by atoms with van der Waals surface area (Å²) in [5.41, 5.74) is 2.02. The fourth-order valence-corrected chi connectivity index (χ4v) is 2.64. The van der Waals surface area contributed by atoms with Gasteiger partial charge in [0.1, 0.15) is 24.6 Å². The Morgan fingerprint density at radius 1 is 1.28 bits per heavy atom. The third-order valence-corrected chi connectivity index (χ3v) is 4.13. The molecule has 3 aromatic rings. The van der Waals surface area contributed by atoms with Crippen LogP contribution in [0.15, 0.2) is 47.1 Å². The monoisotopic (exact) mass is 425 g/mol. The molecule has 2 aromatic heterocycles. The Hall–Kier alpha value is -3.07. The number of nitrogens with one attached hydrogen (secondary N) is 1. The van der Waals surface area contributed by atoms with Crippen LogP contribution >= 0.6 is 11.6 Å². The van der Waals surface area contributed by atoms with Gasteiger partial charge in [-0.15, -0.1) is 0 Å². The number of carbonyl (C=O) groups excluding carboxylic acids is 1. The quantitative estimate of drug-likeness (QED) is 0.626. The standard InChI is InChI=1S/C19H15ClF3N3O3/c1-11-15(17(26-29-11)12-3-2-4-14(20)7-12)9-28-16-6-5-13(8-24-16)18(27)25-10-19(21,22)23/h2-8H,9-10H2,1H3,(H,25,27). The fourth-order valence-electron chi connectivity index (χ4n) is 2.45. The first-order valence-electron chi connectivity index (χ1n) is 8.38. The van der Waals surface area contributed by atoms with Crippen LogP contribution < -0.4 is 10.1 Å². The number of halogens is 4. The van der Waals surface area contributed by atoms with E-state index < -0.39 is 18.6 Å². The maximum absolute atomic E-state index is 12.2. The molecule has 0 aliphatic rings. The molecule has 0 aliphatic carbocycles. The molecule has 0 spiro atoms. The van der Waals surface area contributed by atoms with Crippen molar-refractivity contribution in [1.82, 2.24) is 15.5 Å². The zero-order chi connectivity index (χ0) is 21.0. The summed E-state index contributed by atoms with van der Waals surface area (Å²) in [6.45, 7) is 0.411. The Bertz CT molecular complexity index is 1000. The zero-order valence-corrected chi connectivity index (χ0v) is 15.8. The minimum atomic E-state index is -4.48. The molecule has 0 radical (unpaired) electrons. The van der Waals surface area contributed by atoms with E-state index in [-0.39, 0.29) is 18.1 Å². The molecule has 2 heterocycles. The van der Waals surface area contributed by atoms with E-state index in [4.69, 9.17) is 20.9 Å². The summed E-state index contributed by atoms with van der Waals surface area (Å²) in [5.74, 6) is -0.127. The zero-order valence-electron chi connectivity index (χ0n) is 15.1. The van der Waals surface area contributed by atoms with Crippen LogP contribution in [-0.4, -0.2) is 28.8 Å². The Kier molecular flexibility index (Phi) is 6.07. The van der Waals surface area contributed by atoms with E-state index in [0.29, 0.717) is 22.0 Å². The summed E-state index contributed by atoms with van der Waals surface area (Å²) < 4.78 is 47.4. The highest BCUT2D eigenvalue weighted by Crippen LogP contribution is 2.28. The molecule has 152 valence electrons. The van der Waals surface area contributed by atoms with Gasteiger partial charge in [0.2, 0.25) is 5.88 Å². The second-order valence-electron chi connectivity index (χ2n) is 6.05. The second-order valence-corrected chi connectivity index (χ2v) is 6.48. The topological polar surface area (TPSA) is 77.2 Å². The fraction of sp³-hybridized carbons (Fsp3) is 0.211. The maximum Gasteiger partial charge on any atom is 0.405 e. The van der Waals surface area contributed by atoms with Gasteiger partial charge in [0.25, 0.3) is 5.91 Å². The Balaban J connectivity index is 1.67. The third-order valence-electron chi connectivity index (χ3n) is 3.90. The molecule has 1 amide bonds. The lowest BCUT2D eigenvalue weighted by Gasteiger charge is -2.09. The molecule has 0 bridgehead atoms. The van der Waals surface area contributed by atoms with Gasteiger partial charge < -0.3 is 14.6 Å². The number of ether oxygens (including phenoxy) is 1. The number of rotatable bonds is 6. The highest BCUT2D eigenvalue weighted by molar-refractivity contribution is 6.30. The SMILES string of the molecule is Cc1onc(-c2cccc(Cl)c2)c1COc1ccc(C(=O)NCC(F)(F)F)cn1. The van der Waals surface area contributed by atoms with Crippen LogP contribution in [0.2, 0.25) is 5.02 Å². The smallest absolute Gasteiger partial charge is 0.405 e. The average Bonchev–Trinajstić information content (AvgIpc) is 3.05. The largest absolute Gasteiger partial charge is 0.473 e. The van der Waals surface area contributed by atoms with E-state index in [1.54, 1.807) is 30.4 Å². The predicted molar refractivity (Wildman–Crippen MR) is 98.6 cm³/mol. The summed E-state index contributed by atoms with van der Waals surface area (Å²) >= 11 is 6.02. The van der Waals surface area contributed by atoms with Crippen LogP contribution in [0.5, 0.6) is 5.88 Å². The molecule has 0 saturated carbocycles. The first kappa shape index (κ1) is 20.7. The number of amides is 1. The van der Waals surface area contributed by atoms with Crippen molar-refractivity contribution >= 4 is 17.5 Å². The van der Waals surface area contributed by atoms with Crippen molar-refractivity contribution in [2.45, 2.75) is 19.7 Å². The molecule has 0 aliphatic heterocycles. The molecule has 0 fully saturated rings. The van der Waals surface area contributed by atoms with Crippen molar-refractivity contribution < 1.29 is 27.2 Å². The number of carbonyl (C=O) groups is 1. The minimum Gasteiger partial charge on any atom is -0.473 e. The predicted octanol–water partition coefficient (Wildman–Crippen LogP) is 4.57. The lowest BCUT2D eigenvalue weighted by Crippen LogP contribution is -2.33. The van der Waals surface area contributed by atoms with E-state index in [0.717, 1.165) is 11.8 Å². The van der Waals surface area contributed by atoms with Crippen molar-refractivity contribution in [3.05, 3.63) is 64.5 Å². The van der Waals surface area contributed by atoms with Gasteiger partial charge in [-0.25, -0.2) is 4.98 Å². The number of pyridine rings is 1. The Morgan fingerprint density at radius 3 is 2.72 bits per heavy atom. The average molecular weight is 426 g/mol. The molecular weight excluding hydrogens is 411 g/mol. The number of aromatic nitrogens is 2. The number of aryl methyl sites for hydroxylation is 1. The summed E-state index contributed by atoms with van der Waals surface area (Å²) in [6, 6.07) is 9.83. The number of hydrogen-bond donors (Lipinski definition) is 1. The summed E-state index contributed by atoms with van der Waals surface area (Å²) in [6.07, 6.45) is -3.34. The van der Waals surface area contributed by atoms with E-state index in [1.165, 1.54) is 12.1 Å².